The number of anilines is 1. The summed E-state index contributed by atoms with van der Waals surface area (Å²) in [7, 11) is -2.02. The highest BCUT2D eigenvalue weighted by molar-refractivity contribution is 7.89. The number of hydrogen-bond donors (Lipinski definition) is 2. The highest BCUT2D eigenvalue weighted by Crippen LogP contribution is 2.20. The second kappa shape index (κ2) is 5.02. The van der Waals surface area contributed by atoms with Crippen LogP contribution in [0.4, 0.5) is 5.69 Å². The van der Waals surface area contributed by atoms with Crippen LogP contribution in [0.2, 0.25) is 0 Å². The number of aryl methyl sites for hydroxylation is 1. The molecule has 0 saturated carbocycles. The Morgan fingerprint density at radius 1 is 1.37 bits per heavy atom. The van der Waals surface area contributed by atoms with Gasteiger partial charge in [-0.25, -0.2) is 8.42 Å². The molecule has 102 valence electrons. The Balaban J connectivity index is 2.31. The number of nitrogens with zero attached hydrogens (tertiary/aromatic N) is 2. The van der Waals surface area contributed by atoms with Gasteiger partial charge < -0.3 is 5.73 Å². The number of rotatable bonds is 4. The van der Waals surface area contributed by atoms with Gasteiger partial charge in [0.1, 0.15) is 0 Å². The average Bonchev–Trinajstić information content (AvgIpc) is 2.80. The number of aromatic amines is 1. The second-order valence-electron chi connectivity index (χ2n) is 4.45. The highest BCUT2D eigenvalue weighted by atomic mass is 32.2. The minimum Gasteiger partial charge on any atom is -0.399 e. The zero-order valence-corrected chi connectivity index (χ0v) is 11.6. The molecule has 1 aromatic heterocycles. The van der Waals surface area contributed by atoms with Gasteiger partial charge in [-0.1, -0.05) is 0 Å². The van der Waals surface area contributed by atoms with E-state index in [-0.39, 0.29) is 11.4 Å². The predicted octanol–water partition coefficient (Wildman–Crippen LogP) is 1.12. The Morgan fingerprint density at radius 3 is 2.68 bits per heavy atom. The van der Waals surface area contributed by atoms with E-state index in [1.54, 1.807) is 24.5 Å². The summed E-state index contributed by atoms with van der Waals surface area (Å²) in [5.41, 5.74) is 7.75. The van der Waals surface area contributed by atoms with E-state index in [4.69, 9.17) is 5.73 Å². The molecule has 0 amide bonds. The SMILES string of the molecule is Cc1cc(N)cc(S(=O)(=O)N(C)Cc2cn[nH]c2)c1. The van der Waals surface area contributed by atoms with E-state index < -0.39 is 10.0 Å². The molecular formula is C12H16N4O2S. The van der Waals surface area contributed by atoms with Crippen LogP contribution in [-0.2, 0) is 16.6 Å². The van der Waals surface area contributed by atoms with Crippen molar-refractivity contribution in [1.29, 1.82) is 0 Å². The fraction of sp³-hybridized carbons (Fsp3) is 0.250. The van der Waals surface area contributed by atoms with Crippen molar-refractivity contribution in [2.75, 3.05) is 12.8 Å². The summed E-state index contributed by atoms with van der Waals surface area (Å²) < 4.78 is 26.1. The lowest BCUT2D eigenvalue weighted by molar-refractivity contribution is 0.467. The van der Waals surface area contributed by atoms with Gasteiger partial charge in [-0.15, -0.1) is 0 Å². The van der Waals surface area contributed by atoms with Gasteiger partial charge in [0, 0.05) is 31.0 Å². The quantitative estimate of drug-likeness (QED) is 0.821. The molecule has 0 aliphatic heterocycles. The molecule has 0 spiro atoms. The van der Waals surface area contributed by atoms with Crippen molar-refractivity contribution in [3.05, 3.63) is 41.7 Å². The van der Waals surface area contributed by atoms with Crippen LogP contribution < -0.4 is 5.73 Å². The van der Waals surface area contributed by atoms with E-state index in [9.17, 15) is 8.42 Å². The van der Waals surface area contributed by atoms with Crippen molar-refractivity contribution in [2.24, 2.45) is 0 Å². The Bertz CT molecular complexity index is 645. The van der Waals surface area contributed by atoms with Gasteiger partial charge in [0.25, 0.3) is 0 Å². The van der Waals surface area contributed by atoms with Crippen LogP contribution in [-0.4, -0.2) is 30.0 Å². The molecule has 0 unspecified atom stereocenters. The molecule has 2 rings (SSSR count). The zero-order valence-electron chi connectivity index (χ0n) is 10.8. The van der Waals surface area contributed by atoms with E-state index in [0.717, 1.165) is 11.1 Å². The molecule has 0 bridgehead atoms. The number of hydrogen-bond acceptors (Lipinski definition) is 4. The van der Waals surface area contributed by atoms with Crippen molar-refractivity contribution in [3.8, 4) is 0 Å². The lowest BCUT2D eigenvalue weighted by Gasteiger charge is -2.17. The molecule has 3 N–H and O–H groups in total. The van der Waals surface area contributed by atoms with Crippen molar-refractivity contribution in [2.45, 2.75) is 18.4 Å². The third-order valence-corrected chi connectivity index (χ3v) is 4.52. The summed E-state index contributed by atoms with van der Waals surface area (Å²) in [4.78, 5) is 0.205. The van der Waals surface area contributed by atoms with E-state index in [2.05, 4.69) is 10.2 Å². The molecule has 0 saturated heterocycles. The summed E-state index contributed by atoms with van der Waals surface area (Å²) in [5.74, 6) is 0. The molecule has 0 fully saturated rings. The predicted molar refractivity (Wildman–Crippen MR) is 72.8 cm³/mol. The Morgan fingerprint density at radius 2 is 2.11 bits per heavy atom. The van der Waals surface area contributed by atoms with Crippen LogP contribution in [0.25, 0.3) is 0 Å². The third-order valence-electron chi connectivity index (χ3n) is 2.74. The Hall–Kier alpha value is -1.86. The maximum absolute atomic E-state index is 12.4. The van der Waals surface area contributed by atoms with Gasteiger partial charge in [-0.2, -0.15) is 9.40 Å². The van der Waals surface area contributed by atoms with Gasteiger partial charge in [-0.05, 0) is 30.7 Å². The highest BCUT2D eigenvalue weighted by Gasteiger charge is 2.21. The molecule has 6 nitrogen and oxygen atoms in total. The smallest absolute Gasteiger partial charge is 0.243 e. The summed E-state index contributed by atoms with van der Waals surface area (Å²) in [6, 6.07) is 4.81. The topological polar surface area (TPSA) is 92.1 Å². The Kier molecular flexibility index (Phi) is 3.59. The normalized spacial score (nSPS) is 11.9. The maximum Gasteiger partial charge on any atom is 0.243 e. The van der Waals surface area contributed by atoms with Crippen LogP contribution in [0, 0.1) is 6.92 Å². The minimum atomic E-state index is -3.55. The third kappa shape index (κ3) is 2.94. The van der Waals surface area contributed by atoms with Crippen LogP contribution in [0.15, 0.2) is 35.5 Å². The van der Waals surface area contributed by atoms with Crippen LogP contribution in [0.1, 0.15) is 11.1 Å². The van der Waals surface area contributed by atoms with Crippen LogP contribution >= 0.6 is 0 Å². The fourth-order valence-electron chi connectivity index (χ4n) is 1.81. The van der Waals surface area contributed by atoms with Crippen LogP contribution in [0.3, 0.4) is 0 Å². The Labute approximate surface area is 112 Å². The average molecular weight is 280 g/mol. The number of H-pyrrole nitrogens is 1. The number of nitrogens with two attached hydrogens (primary N) is 1. The number of sulfonamides is 1. The van der Waals surface area contributed by atoms with Gasteiger partial charge in [0.2, 0.25) is 10.0 Å². The van der Waals surface area contributed by atoms with Crippen molar-refractivity contribution < 1.29 is 8.42 Å². The molecule has 7 heteroatoms. The lowest BCUT2D eigenvalue weighted by atomic mass is 10.2. The van der Waals surface area contributed by atoms with E-state index >= 15 is 0 Å². The lowest BCUT2D eigenvalue weighted by Crippen LogP contribution is -2.26. The maximum atomic E-state index is 12.4. The number of aromatic nitrogens is 2. The zero-order chi connectivity index (χ0) is 14.0. The molecular weight excluding hydrogens is 264 g/mol. The second-order valence-corrected chi connectivity index (χ2v) is 6.49. The van der Waals surface area contributed by atoms with E-state index in [0.29, 0.717) is 5.69 Å². The van der Waals surface area contributed by atoms with Crippen molar-refractivity contribution >= 4 is 15.7 Å². The van der Waals surface area contributed by atoms with Gasteiger partial charge in [-0.3, -0.25) is 5.10 Å². The first-order valence-electron chi connectivity index (χ1n) is 5.71. The molecule has 0 atom stereocenters. The van der Waals surface area contributed by atoms with Gasteiger partial charge >= 0.3 is 0 Å². The molecule has 19 heavy (non-hydrogen) atoms. The first kappa shape index (κ1) is 13.6. The van der Waals surface area contributed by atoms with E-state index in [1.807, 2.05) is 6.92 Å². The largest absolute Gasteiger partial charge is 0.399 e. The first-order chi connectivity index (χ1) is 8.89. The molecule has 2 aromatic rings. The summed E-state index contributed by atoms with van der Waals surface area (Å²) in [6.07, 6.45) is 3.26. The molecule has 1 aromatic carbocycles. The van der Waals surface area contributed by atoms with Crippen molar-refractivity contribution in [3.63, 3.8) is 0 Å². The van der Waals surface area contributed by atoms with Crippen LogP contribution in [0.5, 0.6) is 0 Å². The van der Waals surface area contributed by atoms with Crippen molar-refractivity contribution in [1.82, 2.24) is 14.5 Å². The fourth-order valence-corrected chi connectivity index (χ4v) is 3.11. The summed E-state index contributed by atoms with van der Waals surface area (Å²) >= 11 is 0. The minimum absolute atomic E-state index is 0.205. The number of nitrogens with one attached hydrogen (secondary N) is 1. The number of benzene rings is 1. The molecule has 0 radical (unpaired) electrons. The summed E-state index contributed by atoms with van der Waals surface area (Å²) in [6.45, 7) is 2.07. The first-order valence-corrected chi connectivity index (χ1v) is 7.15. The summed E-state index contributed by atoms with van der Waals surface area (Å²) in [5, 5.41) is 6.44. The number of nitrogen functional groups attached to an aromatic ring is 1. The molecule has 1 heterocycles. The van der Waals surface area contributed by atoms with E-state index in [1.165, 1.54) is 17.4 Å². The molecule has 0 aliphatic rings. The monoisotopic (exact) mass is 280 g/mol. The van der Waals surface area contributed by atoms with Gasteiger partial charge in [0.15, 0.2) is 0 Å². The van der Waals surface area contributed by atoms with Gasteiger partial charge in [0.05, 0.1) is 11.1 Å². The standard InChI is InChI=1S/C12H16N4O2S/c1-9-3-11(13)5-12(4-9)19(17,18)16(2)8-10-6-14-15-7-10/h3-7H,8,13H2,1-2H3,(H,14,15). The molecule has 0 aliphatic carbocycles.